The highest BCUT2D eigenvalue weighted by Crippen LogP contribution is 2.24. The van der Waals surface area contributed by atoms with E-state index in [1.165, 1.54) is 12.1 Å². The molecule has 0 radical (unpaired) electrons. The SMILES string of the molecule is O=C(Nc1ccc(NS(=O)(=O)c2ccc(Cl)nc2Cl)cc1)N1CCCCCC1. The predicted octanol–water partition coefficient (Wildman–Crippen LogP) is 4.60. The summed E-state index contributed by atoms with van der Waals surface area (Å²) >= 11 is 11.6. The zero-order valence-electron chi connectivity index (χ0n) is 15.0. The summed E-state index contributed by atoms with van der Waals surface area (Å²) < 4.78 is 27.4. The molecule has 0 spiro atoms. The number of sulfonamides is 1. The minimum atomic E-state index is -3.92. The topological polar surface area (TPSA) is 91.4 Å². The summed E-state index contributed by atoms with van der Waals surface area (Å²) in [5.74, 6) is 0. The minimum Gasteiger partial charge on any atom is -0.325 e. The number of likely N-dealkylation sites (tertiary alicyclic amines) is 1. The Morgan fingerprint density at radius 1 is 0.929 bits per heavy atom. The highest BCUT2D eigenvalue weighted by Gasteiger charge is 2.20. The van der Waals surface area contributed by atoms with Gasteiger partial charge in [-0.2, -0.15) is 0 Å². The number of nitrogens with zero attached hydrogens (tertiary/aromatic N) is 2. The normalized spacial score (nSPS) is 15.0. The lowest BCUT2D eigenvalue weighted by molar-refractivity contribution is 0.214. The molecular formula is C18H20Cl2N4O3S. The zero-order valence-corrected chi connectivity index (χ0v) is 17.3. The van der Waals surface area contributed by atoms with E-state index >= 15 is 0 Å². The predicted molar refractivity (Wildman–Crippen MR) is 111 cm³/mol. The van der Waals surface area contributed by atoms with E-state index in [1.807, 2.05) is 0 Å². The maximum Gasteiger partial charge on any atom is 0.321 e. The Kier molecular flexibility index (Phi) is 6.64. The number of hydrogen-bond acceptors (Lipinski definition) is 4. The molecule has 1 aliphatic heterocycles. The summed E-state index contributed by atoms with van der Waals surface area (Å²) in [6.45, 7) is 1.50. The number of anilines is 2. The van der Waals surface area contributed by atoms with Crippen LogP contribution in [0.4, 0.5) is 16.2 Å². The molecule has 0 unspecified atom stereocenters. The Balaban J connectivity index is 1.66. The number of rotatable bonds is 4. The van der Waals surface area contributed by atoms with Gasteiger partial charge in [0.05, 0.1) is 0 Å². The van der Waals surface area contributed by atoms with Crippen molar-refractivity contribution in [2.45, 2.75) is 30.6 Å². The van der Waals surface area contributed by atoms with E-state index in [2.05, 4.69) is 15.0 Å². The van der Waals surface area contributed by atoms with Gasteiger partial charge in [0.25, 0.3) is 10.0 Å². The van der Waals surface area contributed by atoms with E-state index in [0.29, 0.717) is 11.4 Å². The molecule has 1 fully saturated rings. The number of aromatic nitrogens is 1. The standard InChI is InChI=1S/C18H20Cl2N4O3S/c19-16-10-9-15(17(20)22-16)28(26,27)23-14-7-5-13(6-8-14)21-18(25)24-11-3-1-2-4-12-24/h5-10,23H,1-4,11-12H2,(H,21,25). The first kappa shape index (κ1) is 20.7. The van der Waals surface area contributed by atoms with Gasteiger partial charge in [-0.05, 0) is 49.2 Å². The number of pyridine rings is 1. The zero-order chi connectivity index (χ0) is 20.1. The summed E-state index contributed by atoms with van der Waals surface area (Å²) in [4.78, 5) is 17.7. The van der Waals surface area contributed by atoms with E-state index in [9.17, 15) is 13.2 Å². The van der Waals surface area contributed by atoms with Crippen LogP contribution in [0.1, 0.15) is 25.7 Å². The number of carbonyl (C=O) groups excluding carboxylic acids is 1. The Labute approximate surface area is 174 Å². The summed E-state index contributed by atoms with van der Waals surface area (Å²) in [5, 5.41) is 2.74. The van der Waals surface area contributed by atoms with Crippen LogP contribution in [0.25, 0.3) is 0 Å². The molecule has 7 nitrogen and oxygen atoms in total. The molecule has 1 aromatic heterocycles. The highest BCUT2D eigenvalue weighted by atomic mass is 35.5. The smallest absolute Gasteiger partial charge is 0.321 e. The van der Waals surface area contributed by atoms with Crippen molar-refractivity contribution in [3.63, 3.8) is 0 Å². The number of nitrogens with one attached hydrogen (secondary N) is 2. The molecular weight excluding hydrogens is 423 g/mol. The summed E-state index contributed by atoms with van der Waals surface area (Å²) in [7, 11) is -3.92. The van der Waals surface area contributed by atoms with Crippen molar-refractivity contribution in [3.05, 3.63) is 46.7 Å². The van der Waals surface area contributed by atoms with Gasteiger partial charge >= 0.3 is 6.03 Å². The van der Waals surface area contributed by atoms with Gasteiger partial charge in [-0.25, -0.2) is 18.2 Å². The molecule has 10 heteroatoms. The fourth-order valence-electron chi connectivity index (χ4n) is 2.91. The largest absolute Gasteiger partial charge is 0.325 e. The molecule has 28 heavy (non-hydrogen) atoms. The van der Waals surface area contributed by atoms with Crippen molar-refractivity contribution in [3.8, 4) is 0 Å². The molecule has 0 bridgehead atoms. The monoisotopic (exact) mass is 442 g/mol. The van der Waals surface area contributed by atoms with E-state index in [1.54, 1.807) is 29.2 Å². The number of benzene rings is 1. The third kappa shape index (κ3) is 5.27. The molecule has 2 aromatic rings. The van der Waals surface area contributed by atoms with Crippen molar-refractivity contribution >= 4 is 50.6 Å². The average Bonchev–Trinajstić information content (AvgIpc) is 2.92. The summed E-state index contributed by atoms with van der Waals surface area (Å²) in [6, 6.07) is 8.89. The summed E-state index contributed by atoms with van der Waals surface area (Å²) in [5.41, 5.74) is 0.919. The second-order valence-electron chi connectivity index (χ2n) is 6.44. The Hall–Kier alpha value is -2.03. The third-order valence-electron chi connectivity index (χ3n) is 4.35. The number of urea groups is 1. The number of hydrogen-bond donors (Lipinski definition) is 2. The Bertz CT molecular complexity index is 944. The van der Waals surface area contributed by atoms with Gasteiger partial charge in [-0.1, -0.05) is 36.0 Å². The lowest BCUT2D eigenvalue weighted by Crippen LogP contribution is -2.35. The number of carbonyl (C=O) groups is 1. The third-order valence-corrected chi connectivity index (χ3v) is 6.38. The lowest BCUT2D eigenvalue weighted by Gasteiger charge is -2.20. The molecule has 3 rings (SSSR count). The minimum absolute atomic E-state index is 0.105. The molecule has 1 aromatic carbocycles. The van der Waals surface area contributed by atoms with E-state index in [4.69, 9.17) is 23.2 Å². The van der Waals surface area contributed by atoms with Gasteiger partial charge in [-0.15, -0.1) is 0 Å². The van der Waals surface area contributed by atoms with Gasteiger partial charge in [0, 0.05) is 24.5 Å². The van der Waals surface area contributed by atoms with Crippen LogP contribution in [0.5, 0.6) is 0 Å². The number of halogens is 2. The molecule has 0 atom stereocenters. The molecule has 1 saturated heterocycles. The fourth-order valence-corrected chi connectivity index (χ4v) is 4.63. The maximum absolute atomic E-state index is 12.5. The molecule has 150 valence electrons. The van der Waals surface area contributed by atoms with E-state index in [0.717, 1.165) is 38.8 Å². The van der Waals surface area contributed by atoms with Gasteiger partial charge in [0.15, 0.2) is 5.15 Å². The Morgan fingerprint density at radius 2 is 1.54 bits per heavy atom. The molecule has 2 heterocycles. The average molecular weight is 443 g/mol. The van der Waals surface area contributed by atoms with Gasteiger partial charge < -0.3 is 10.2 Å². The van der Waals surface area contributed by atoms with E-state index in [-0.39, 0.29) is 21.2 Å². The van der Waals surface area contributed by atoms with Gasteiger partial charge in [-0.3, -0.25) is 4.72 Å². The van der Waals surface area contributed by atoms with Gasteiger partial charge in [0.2, 0.25) is 0 Å². The summed E-state index contributed by atoms with van der Waals surface area (Å²) in [6.07, 6.45) is 4.31. The second-order valence-corrected chi connectivity index (χ2v) is 8.83. The molecule has 0 aliphatic carbocycles. The number of amides is 2. The fraction of sp³-hybridized carbons (Fsp3) is 0.333. The molecule has 0 saturated carbocycles. The molecule has 2 amide bonds. The lowest BCUT2D eigenvalue weighted by atomic mass is 10.2. The first-order valence-electron chi connectivity index (χ1n) is 8.86. The molecule has 1 aliphatic rings. The first-order chi connectivity index (χ1) is 13.3. The second kappa shape index (κ2) is 8.98. The quantitative estimate of drug-likeness (QED) is 0.676. The van der Waals surface area contributed by atoms with Crippen molar-refractivity contribution < 1.29 is 13.2 Å². The van der Waals surface area contributed by atoms with Crippen LogP contribution in [-0.2, 0) is 10.0 Å². The van der Waals surface area contributed by atoms with E-state index < -0.39 is 10.0 Å². The van der Waals surface area contributed by atoms with Crippen LogP contribution in [0.15, 0.2) is 41.3 Å². The highest BCUT2D eigenvalue weighted by molar-refractivity contribution is 7.92. The van der Waals surface area contributed by atoms with Crippen molar-refractivity contribution in [2.24, 2.45) is 0 Å². The first-order valence-corrected chi connectivity index (χ1v) is 11.1. The van der Waals surface area contributed by atoms with Gasteiger partial charge in [0.1, 0.15) is 10.0 Å². The van der Waals surface area contributed by atoms with Crippen LogP contribution in [0.3, 0.4) is 0 Å². The van der Waals surface area contributed by atoms with Crippen LogP contribution in [-0.4, -0.2) is 37.4 Å². The molecule has 2 N–H and O–H groups in total. The van der Waals surface area contributed by atoms with Crippen LogP contribution >= 0.6 is 23.2 Å². The van der Waals surface area contributed by atoms with Crippen molar-refractivity contribution in [2.75, 3.05) is 23.1 Å². The van der Waals surface area contributed by atoms with Crippen LogP contribution in [0.2, 0.25) is 10.3 Å². The van der Waals surface area contributed by atoms with Crippen LogP contribution in [0, 0.1) is 0 Å². The van der Waals surface area contributed by atoms with Crippen molar-refractivity contribution in [1.82, 2.24) is 9.88 Å². The van der Waals surface area contributed by atoms with Crippen LogP contribution < -0.4 is 10.0 Å². The maximum atomic E-state index is 12.5. The van der Waals surface area contributed by atoms with Crippen molar-refractivity contribution in [1.29, 1.82) is 0 Å². The Morgan fingerprint density at radius 3 is 2.14 bits per heavy atom.